The first-order chi connectivity index (χ1) is 9.92. The van der Waals surface area contributed by atoms with Crippen molar-refractivity contribution in [1.82, 2.24) is 0 Å². The SMILES string of the molecule is Cc1cc2c(s1)-c1s[c]([Sn]([CH3])([CH3])[CH3])cc1[Si]21CCCCC1. The molecule has 2 aliphatic rings. The molecule has 0 saturated carbocycles. The first kappa shape index (κ1) is 15.0. The molecule has 21 heavy (non-hydrogen) atoms. The van der Waals surface area contributed by atoms with Crippen molar-refractivity contribution < 1.29 is 0 Å². The summed E-state index contributed by atoms with van der Waals surface area (Å²) >= 11 is 2.34. The molecule has 2 aromatic heterocycles. The Morgan fingerprint density at radius 3 is 2.19 bits per heavy atom. The Morgan fingerprint density at radius 1 is 0.905 bits per heavy atom. The summed E-state index contributed by atoms with van der Waals surface area (Å²) in [5.41, 5.74) is 0. The molecular formula is C17H24S2SiSn. The molecule has 0 aromatic carbocycles. The van der Waals surface area contributed by atoms with Crippen molar-refractivity contribution in [2.45, 2.75) is 53.1 Å². The molecule has 0 aliphatic carbocycles. The van der Waals surface area contributed by atoms with Gasteiger partial charge in [0, 0.05) is 0 Å². The number of hydrogen-bond donors (Lipinski definition) is 0. The first-order valence-corrected chi connectivity index (χ1v) is 22.2. The Kier molecular flexibility index (Phi) is 3.53. The van der Waals surface area contributed by atoms with Crippen molar-refractivity contribution in [1.29, 1.82) is 0 Å². The van der Waals surface area contributed by atoms with Crippen LogP contribution < -0.4 is 13.3 Å². The van der Waals surface area contributed by atoms with Gasteiger partial charge in [-0.25, -0.2) is 0 Å². The van der Waals surface area contributed by atoms with E-state index in [9.17, 15) is 0 Å². The van der Waals surface area contributed by atoms with Crippen molar-refractivity contribution in [3.63, 3.8) is 0 Å². The van der Waals surface area contributed by atoms with Crippen LogP contribution in [0.4, 0.5) is 0 Å². The molecule has 2 aromatic rings. The summed E-state index contributed by atoms with van der Waals surface area (Å²) in [6.07, 6.45) is 4.42. The molecule has 0 radical (unpaired) electrons. The second kappa shape index (κ2) is 4.95. The van der Waals surface area contributed by atoms with E-state index < -0.39 is 26.5 Å². The van der Waals surface area contributed by atoms with Crippen LogP contribution in [-0.2, 0) is 0 Å². The fourth-order valence-electron chi connectivity index (χ4n) is 4.16. The topological polar surface area (TPSA) is 0 Å². The molecule has 4 heterocycles. The average Bonchev–Trinajstić information content (AvgIpc) is 3.06. The molecule has 1 spiro atoms. The van der Waals surface area contributed by atoms with Crippen LogP contribution in [0.15, 0.2) is 12.1 Å². The van der Waals surface area contributed by atoms with Crippen LogP contribution in [0.1, 0.15) is 24.1 Å². The number of thiophene rings is 2. The second-order valence-corrected chi connectivity index (χ2v) is 29.8. The van der Waals surface area contributed by atoms with Gasteiger partial charge in [-0.1, -0.05) is 0 Å². The molecule has 112 valence electrons. The molecule has 1 saturated heterocycles. The molecule has 4 heteroatoms. The standard InChI is InChI=1S/C14H15S2Si.3CH3.Sn/c1-10-9-12-14(16-10)13-11(5-6-15-13)17(12)7-3-2-4-8-17;;;;/h5,9H,2-4,7-8H2,1H3;3*1H3;. The van der Waals surface area contributed by atoms with Gasteiger partial charge in [-0.3, -0.25) is 0 Å². The van der Waals surface area contributed by atoms with E-state index in [1.54, 1.807) is 9.75 Å². The number of hydrogen-bond acceptors (Lipinski definition) is 2. The van der Waals surface area contributed by atoms with Crippen LogP contribution >= 0.6 is 22.7 Å². The normalized spacial score (nSPS) is 19.8. The van der Waals surface area contributed by atoms with E-state index in [-0.39, 0.29) is 0 Å². The van der Waals surface area contributed by atoms with Gasteiger partial charge < -0.3 is 0 Å². The zero-order chi connectivity index (χ0) is 14.8. The van der Waals surface area contributed by atoms with E-state index in [0.717, 1.165) is 0 Å². The second-order valence-electron chi connectivity index (χ2n) is 7.85. The Labute approximate surface area is 141 Å². The third kappa shape index (κ3) is 2.18. The average molecular weight is 439 g/mol. The number of rotatable bonds is 1. The molecule has 0 amide bonds. The van der Waals surface area contributed by atoms with Crippen LogP contribution in [-0.4, -0.2) is 26.5 Å². The summed E-state index contributed by atoms with van der Waals surface area (Å²) in [6.45, 7) is 2.31. The fraction of sp³-hybridized carbons (Fsp3) is 0.529. The van der Waals surface area contributed by atoms with Gasteiger partial charge in [-0.05, 0) is 0 Å². The molecule has 0 bridgehead atoms. The van der Waals surface area contributed by atoms with Crippen molar-refractivity contribution in [2.24, 2.45) is 0 Å². The van der Waals surface area contributed by atoms with Gasteiger partial charge in [0.15, 0.2) is 0 Å². The van der Waals surface area contributed by atoms with Gasteiger partial charge in [0.05, 0.1) is 0 Å². The fourth-order valence-corrected chi connectivity index (χ4v) is 19.1. The van der Waals surface area contributed by atoms with E-state index in [0.29, 0.717) is 0 Å². The quantitative estimate of drug-likeness (QED) is 0.579. The van der Waals surface area contributed by atoms with E-state index in [1.165, 1.54) is 36.2 Å². The molecule has 2 aliphatic heterocycles. The monoisotopic (exact) mass is 440 g/mol. The maximum absolute atomic E-state index is 2.72. The maximum atomic E-state index is 2.72. The summed E-state index contributed by atoms with van der Waals surface area (Å²) in [7, 11) is -1.34. The predicted octanol–water partition coefficient (Wildman–Crippen LogP) is 4.39. The van der Waals surface area contributed by atoms with Gasteiger partial charge in [-0.2, -0.15) is 0 Å². The van der Waals surface area contributed by atoms with Crippen LogP contribution in [0.5, 0.6) is 0 Å². The van der Waals surface area contributed by atoms with Crippen molar-refractivity contribution in [3.05, 3.63) is 17.0 Å². The van der Waals surface area contributed by atoms with E-state index >= 15 is 0 Å². The predicted molar refractivity (Wildman–Crippen MR) is 104 cm³/mol. The van der Waals surface area contributed by atoms with E-state index in [4.69, 9.17) is 0 Å². The Bertz CT molecular complexity index is 699. The Hall–Kier alpha value is 0.416. The van der Waals surface area contributed by atoms with Crippen molar-refractivity contribution in [3.8, 4) is 9.75 Å². The van der Waals surface area contributed by atoms with E-state index in [1.807, 2.05) is 13.3 Å². The van der Waals surface area contributed by atoms with Gasteiger partial charge in [0.1, 0.15) is 0 Å². The van der Waals surface area contributed by atoms with Gasteiger partial charge in [0.2, 0.25) is 0 Å². The van der Waals surface area contributed by atoms with Crippen LogP contribution in [0.25, 0.3) is 9.75 Å². The summed E-state index contributed by atoms with van der Waals surface area (Å²) in [4.78, 5) is 12.7. The van der Waals surface area contributed by atoms with Crippen LogP contribution in [0.3, 0.4) is 0 Å². The van der Waals surface area contributed by atoms with Crippen LogP contribution in [0, 0.1) is 6.92 Å². The Morgan fingerprint density at radius 2 is 1.52 bits per heavy atom. The van der Waals surface area contributed by atoms with Crippen molar-refractivity contribution >= 4 is 62.4 Å². The van der Waals surface area contributed by atoms with Gasteiger partial charge in [-0.15, -0.1) is 0 Å². The molecule has 4 rings (SSSR count). The zero-order valence-electron chi connectivity index (χ0n) is 13.5. The molecule has 0 unspecified atom stereocenters. The zero-order valence-corrected chi connectivity index (χ0v) is 19.0. The summed E-state index contributed by atoms with van der Waals surface area (Å²) in [6, 6.07) is 8.35. The molecule has 0 N–H and O–H groups in total. The summed E-state index contributed by atoms with van der Waals surface area (Å²) in [5.74, 6) is 0. The molecule has 1 fully saturated rings. The molecule has 0 atom stereocenters. The summed E-state index contributed by atoms with van der Waals surface area (Å²) in [5, 5.41) is 3.71. The van der Waals surface area contributed by atoms with E-state index in [2.05, 4.69) is 56.5 Å². The minimum absolute atomic E-state index is 1.34. The first-order valence-electron chi connectivity index (χ1n) is 8.18. The number of fused-ring (bicyclic) bond motifs is 5. The molecule has 0 nitrogen and oxygen atoms in total. The third-order valence-electron chi connectivity index (χ3n) is 5.27. The third-order valence-corrected chi connectivity index (χ3v) is 22.7. The number of aryl methyl sites for hydroxylation is 1. The summed E-state index contributed by atoms with van der Waals surface area (Å²) < 4.78 is 1.81. The van der Waals surface area contributed by atoms with Crippen LogP contribution in [0.2, 0.25) is 26.9 Å². The van der Waals surface area contributed by atoms with Gasteiger partial charge >= 0.3 is 142 Å². The van der Waals surface area contributed by atoms with Gasteiger partial charge in [0.25, 0.3) is 0 Å². The van der Waals surface area contributed by atoms with Crippen molar-refractivity contribution in [2.75, 3.05) is 0 Å². The minimum atomic E-state index is -1.93. The molecular weight excluding hydrogens is 415 g/mol. The Balaban J connectivity index is 1.95.